The average Bonchev–Trinajstić information content (AvgIpc) is 2.61. The number of carbonyl (C=O) groups is 1. The zero-order valence-electron chi connectivity index (χ0n) is 7.55. The fraction of sp³-hybridized carbons (Fsp3) is 0.889. The maximum atomic E-state index is 11.4. The number of hydrogen-bond donors (Lipinski definition) is 1. The summed E-state index contributed by atoms with van der Waals surface area (Å²) in [5.41, 5.74) is 0. The molecule has 0 aromatic carbocycles. The normalized spacial score (nSPS) is 31.9. The number of hydrogen-bond acceptors (Lipinski definition) is 2. The summed E-state index contributed by atoms with van der Waals surface area (Å²) in [5.74, 6) is 0.286. The summed E-state index contributed by atoms with van der Waals surface area (Å²) in [6.45, 7) is 2.61. The molecule has 12 heavy (non-hydrogen) atoms. The van der Waals surface area contributed by atoms with E-state index in [2.05, 4.69) is 12.2 Å². The molecule has 1 saturated heterocycles. The molecule has 0 radical (unpaired) electrons. The fourth-order valence-corrected chi connectivity index (χ4v) is 2.34. The van der Waals surface area contributed by atoms with Crippen LogP contribution < -0.4 is 5.32 Å². The molecule has 1 amide bonds. The van der Waals surface area contributed by atoms with Gasteiger partial charge in [0.2, 0.25) is 5.91 Å². The lowest BCUT2D eigenvalue weighted by Gasteiger charge is -2.27. The minimum atomic E-state index is 0.264. The highest BCUT2D eigenvalue weighted by Gasteiger charge is 2.34. The second-order valence-corrected chi connectivity index (χ2v) is 3.80. The van der Waals surface area contributed by atoms with E-state index in [9.17, 15) is 4.79 Å². The van der Waals surface area contributed by atoms with Crippen LogP contribution in [0.2, 0.25) is 0 Å². The molecule has 1 atom stereocenters. The molecule has 1 heterocycles. The van der Waals surface area contributed by atoms with Gasteiger partial charge in [-0.15, -0.1) is 0 Å². The van der Waals surface area contributed by atoms with E-state index in [4.69, 9.17) is 0 Å². The highest BCUT2D eigenvalue weighted by molar-refractivity contribution is 5.80. The molecule has 68 valence electrons. The van der Waals surface area contributed by atoms with Crippen molar-refractivity contribution in [2.75, 3.05) is 6.54 Å². The van der Waals surface area contributed by atoms with E-state index < -0.39 is 0 Å². The Labute approximate surface area is 73.1 Å². The molecule has 0 spiro atoms. The Morgan fingerprint density at radius 1 is 1.42 bits per heavy atom. The highest BCUT2D eigenvalue weighted by atomic mass is 16.2. The standard InChI is InChI=1S/C9H16N2O/c1-7-10-6-9(12)11(7)8-4-2-3-5-8/h7-8,10H,2-6H2,1H3. The lowest BCUT2D eigenvalue weighted by molar-refractivity contribution is -0.129. The van der Waals surface area contributed by atoms with Crippen LogP contribution in [0.15, 0.2) is 0 Å². The lowest BCUT2D eigenvalue weighted by atomic mass is 10.2. The van der Waals surface area contributed by atoms with Crippen molar-refractivity contribution >= 4 is 5.91 Å². The summed E-state index contributed by atoms with van der Waals surface area (Å²) in [6.07, 6.45) is 5.26. The lowest BCUT2D eigenvalue weighted by Crippen LogP contribution is -2.41. The van der Waals surface area contributed by atoms with Crippen molar-refractivity contribution in [3.05, 3.63) is 0 Å². The van der Waals surface area contributed by atoms with Gasteiger partial charge < -0.3 is 4.90 Å². The van der Waals surface area contributed by atoms with E-state index >= 15 is 0 Å². The van der Waals surface area contributed by atoms with Crippen LogP contribution in [0.1, 0.15) is 32.6 Å². The largest absolute Gasteiger partial charge is 0.323 e. The van der Waals surface area contributed by atoms with Crippen LogP contribution in [0.5, 0.6) is 0 Å². The van der Waals surface area contributed by atoms with Crippen molar-refractivity contribution in [3.8, 4) is 0 Å². The summed E-state index contributed by atoms with van der Waals surface area (Å²) < 4.78 is 0. The van der Waals surface area contributed by atoms with Crippen molar-refractivity contribution < 1.29 is 4.79 Å². The first-order chi connectivity index (χ1) is 5.79. The fourth-order valence-electron chi connectivity index (χ4n) is 2.34. The third kappa shape index (κ3) is 1.22. The molecule has 1 saturated carbocycles. The maximum absolute atomic E-state index is 11.4. The van der Waals surface area contributed by atoms with Gasteiger partial charge in [-0.2, -0.15) is 0 Å². The molecule has 2 aliphatic rings. The van der Waals surface area contributed by atoms with E-state index in [-0.39, 0.29) is 12.1 Å². The van der Waals surface area contributed by atoms with E-state index in [1.807, 2.05) is 4.90 Å². The van der Waals surface area contributed by atoms with Crippen LogP contribution in [0.3, 0.4) is 0 Å². The van der Waals surface area contributed by atoms with Gasteiger partial charge in [-0.1, -0.05) is 12.8 Å². The van der Waals surface area contributed by atoms with Crippen LogP contribution in [0, 0.1) is 0 Å². The Kier molecular flexibility index (Phi) is 2.05. The Bertz CT molecular complexity index is 187. The number of amides is 1. The topological polar surface area (TPSA) is 32.3 Å². The molecule has 0 aromatic heterocycles. The third-order valence-corrected chi connectivity index (χ3v) is 2.97. The zero-order chi connectivity index (χ0) is 8.55. The number of nitrogens with one attached hydrogen (secondary N) is 1. The first-order valence-corrected chi connectivity index (χ1v) is 4.83. The Hall–Kier alpha value is -0.570. The Morgan fingerprint density at radius 3 is 2.58 bits per heavy atom. The molecule has 3 nitrogen and oxygen atoms in total. The molecular weight excluding hydrogens is 152 g/mol. The summed E-state index contributed by atoms with van der Waals surface area (Å²) >= 11 is 0. The molecule has 1 N–H and O–H groups in total. The van der Waals surface area contributed by atoms with E-state index in [1.54, 1.807) is 0 Å². The monoisotopic (exact) mass is 168 g/mol. The van der Waals surface area contributed by atoms with E-state index in [0.717, 1.165) is 0 Å². The van der Waals surface area contributed by atoms with Gasteiger partial charge in [-0.3, -0.25) is 10.1 Å². The van der Waals surface area contributed by atoms with Crippen molar-refractivity contribution in [2.24, 2.45) is 0 Å². The first kappa shape index (κ1) is 8.05. The SMILES string of the molecule is CC1NCC(=O)N1C1CCCC1. The smallest absolute Gasteiger partial charge is 0.238 e. The second-order valence-electron chi connectivity index (χ2n) is 3.80. The Balaban J connectivity index is 2.04. The van der Waals surface area contributed by atoms with Crippen molar-refractivity contribution in [1.82, 2.24) is 10.2 Å². The van der Waals surface area contributed by atoms with Crippen molar-refractivity contribution in [1.29, 1.82) is 0 Å². The zero-order valence-corrected chi connectivity index (χ0v) is 7.55. The minimum absolute atomic E-state index is 0.264. The quantitative estimate of drug-likeness (QED) is 0.625. The highest BCUT2D eigenvalue weighted by Crippen LogP contribution is 2.25. The van der Waals surface area contributed by atoms with Gasteiger partial charge in [-0.25, -0.2) is 0 Å². The van der Waals surface area contributed by atoms with Crippen LogP contribution >= 0.6 is 0 Å². The minimum Gasteiger partial charge on any atom is -0.323 e. The van der Waals surface area contributed by atoms with Crippen LogP contribution in [-0.2, 0) is 4.79 Å². The molecule has 1 unspecified atom stereocenters. The summed E-state index contributed by atoms with van der Waals surface area (Å²) in [4.78, 5) is 13.5. The van der Waals surface area contributed by atoms with Crippen molar-refractivity contribution in [3.63, 3.8) is 0 Å². The van der Waals surface area contributed by atoms with Gasteiger partial charge in [0.1, 0.15) is 0 Å². The van der Waals surface area contributed by atoms with Gasteiger partial charge in [0.05, 0.1) is 12.7 Å². The Morgan fingerprint density at radius 2 is 2.08 bits per heavy atom. The van der Waals surface area contributed by atoms with Crippen molar-refractivity contribution in [2.45, 2.75) is 44.8 Å². The molecule has 0 bridgehead atoms. The number of carbonyl (C=O) groups excluding carboxylic acids is 1. The molecule has 3 heteroatoms. The number of nitrogens with zero attached hydrogens (tertiary/aromatic N) is 1. The molecule has 1 aliphatic carbocycles. The van der Waals surface area contributed by atoms with Gasteiger partial charge in [0.25, 0.3) is 0 Å². The summed E-state index contributed by atoms with van der Waals surface area (Å²) in [5, 5.41) is 3.17. The third-order valence-electron chi connectivity index (χ3n) is 2.97. The summed E-state index contributed by atoms with van der Waals surface area (Å²) in [6, 6.07) is 0.530. The number of rotatable bonds is 1. The first-order valence-electron chi connectivity index (χ1n) is 4.83. The van der Waals surface area contributed by atoms with Crippen LogP contribution in [0.4, 0.5) is 0 Å². The second kappa shape index (κ2) is 3.05. The van der Waals surface area contributed by atoms with Crippen LogP contribution in [-0.4, -0.2) is 29.6 Å². The van der Waals surface area contributed by atoms with Gasteiger partial charge in [0.15, 0.2) is 0 Å². The predicted octanol–water partition coefficient (Wildman–Crippen LogP) is 0.707. The molecular formula is C9H16N2O. The molecule has 2 rings (SSSR count). The van der Waals surface area contributed by atoms with E-state index in [1.165, 1.54) is 25.7 Å². The van der Waals surface area contributed by atoms with Gasteiger partial charge >= 0.3 is 0 Å². The molecule has 0 aromatic rings. The van der Waals surface area contributed by atoms with Gasteiger partial charge in [-0.05, 0) is 19.8 Å². The molecule has 2 fully saturated rings. The van der Waals surface area contributed by atoms with Crippen LogP contribution in [0.25, 0.3) is 0 Å². The predicted molar refractivity (Wildman–Crippen MR) is 46.6 cm³/mol. The maximum Gasteiger partial charge on any atom is 0.238 e. The van der Waals surface area contributed by atoms with Gasteiger partial charge in [0, 0.05) is 6.04 Å². The molecule has 1 aliphatic heterocycles. The average molecular weight is 168 g/mol. The van der Waals surface area contributed by atoms with E-state index in [0.29, 0.717) is 12.6 Å². The summed E-state index contributed by atoms with van der Waals surface area (Å²) in [7, 11) is 0.